The van der Waals surface area contributed by atoms with E-state index in [-0.39, 0.29) is 18.9 Å². The van der Waals surface area contributed by atoms with Gasteiger partial charge in [-0.2, -0.15) is 0 Å². The molecule has 20 heavy (non-hydrogen) atoms. The van der Waals surface area contributed by atoms with Crippen LogP contribution in [0.2, 0.25) is 0 Å². The molecule has 7 heteroatoms. The Morgan fingerprint density at radius 1 is 1.55 bits per heavy atom. The highest BCUT2D eigenvalue weighted by Gasteiger charge is 2.46. The standard InChI is InChI=1S/C13H22N2O5/c1-8(15-6-4-5-9(14)16)11(17)20-10-12(18)19-7-13(10,2)3/h8,10,15H,4-7H2,1-3H3,(H2,14,16)/t8-,10-/m0/s1. The molecule has 0 bridgehead atoms. The van der Waals surface area contributed by atoms with Crippen molar-refractivity contribution >= 4 is 17.8 Å². The van der Waals surface area contributed by atoms with E-state index in [0.29, 0.717) is 13.0 Å². The maximum absolute atomic E-state index is 11.9. The summed E-state index contributed by atoms with van der Waals surface area (Å²) >= 11 is 0. The molecule has 1 aliphatic rings. The van der Waals surface area contributed by atoms with Crippen LogP contribution >= 0.6 is 0 Å². The molecule has 1 heterocycles. The van der Waals surface area contributed by atoms with E-state index in [1.165, 1.54) is 0 Å². The molecule has 0 unspecified atom stereocenters. The summed E-state index contributed by atoms with van der Waals surface area (Å²) in [5, 5.41) is 2.92. The fourth-order valence-corrected chi connectivity index (χ4v) is 1.82. The SMILES string of the molecule is C[C@H](NCCCC(N)=O)C(=O)O[C@H]1C(=O)OCC1(C)C. The van der Waals surface area contributed by atoms with Crippen LogP contribution < -0.4 is 11.1 Å². The number of nitrogens with two attached hydrogens (primary N) is 1. The van der Waals surface area contributed by atoms with Gasteiger partial charge in [0, 0.05) is 11.8 Å². The number of carbonyl (C=O) groups is 3. The smallest absolute Gasteiger partial charge is 0.348 e. The van der Waals surface area contributed by atoms with Crippen LogP contribution in [0.15, 0.2) is 0 Å². The summed E-state index contributed by atoms with van der Waals surface area (Å²) in [6.07, 6.45) is -0.0643. The van der Waals surface area contributed by atoms with Gasteiger partial charge in [-0.05, 0) is 19.9 Å². The van der Waals surface area contributed by atoms with Gasteiger partial charge in [0.1, 0.15) is 12.6 Å². The van der Waals surface area contributed by atoms with Crippen molar-refractivity contribution in [2.24, 2.45) is 11.1 Å². The molecule has 0 spiro atoms. The highest BCUT2D eigenvalue weighted by molar-refractivity contribution is 5.83. The maximum Gasteiger partial charge on any atom is 0.348 e. The summed E-state index contributed by atoms with van der Waals surface area (Å²) in [6.45, 7) is 5.96. The number of nitrogens with one attached hydrogen (secondary N) is 1. The summed E-state index contributed by atoms with van der Waals surface area (Å²) in [7, 11) is 0. The van der Waals surface area contributed by atoms with E-state index in [0.717, 1.165) is 0 Å². The number of hydrogen-bond acceptors (Lipinski definition) is 6. The summed E-state index contributed by atoms with van der Waals surface area (Å²) < 4.78 is 10.1. The Morgan fingerprint density at radius 2 is 2.20 bits per heavy atom. The second kappa shape index (κ2) is 6.69. The highest BCUT2D eigenvalue weighted by Crippen LogP contribution is 2.31. The number of amides is 1. The van der Waals surface area contributed by atoms with Crippen molar-refractivity contribution in [1.82, 2.24) is 5.32 Å². The van der Waals surface area contributed by atoms with Crippen molar-refractivity contribution in [2.45, 2.75) is 45.8 Å². The lowest BCUT2D eigenvalue weighted by Gasteiger charge is -2.23. The zero-order valence-electron chi connectivity index (χ0n) is 12.1. The van der Waals surface area contributed by atoms with E-state index in [1.807, 2.05) is 0 Å². The minimum Gasteiger partial charge on any atom is -0.462 e. The van der Waals surface area contributed by atoms with E-state index in [9.17, 15) is 14.4 Å². The predicted octanol–water partition coefficient (Wildman–Crippen LogP) is -0.275. The Morgan fingerprint density at radius 3 is 2.70 bits per heavy atom. The fraction of sp³-hybridized carbons (Fsp3) is 0.769. The van der Waals surface area contributed by atoms with Gasteiger partial charge in [0.2, 0.25) is 12.0 Å². The number of primary amides is 1. The Kier molecular flexibility index (Phi) is 5.50. The molecule has 1 rings (SSSR count). The molecular weight excluding hydrogens is 264 g/mol. The average molecular weight is 286 g/mol. The van der Waals surface area contributed by atoms with Gasteiger partial charge in [0.05, 0.1) is 0 Å². The Labute approximate surface area is 118 Å². The quantitative estimate of drug-likeness (QED) is 0.492. The van der Waals surface area contributed by atoms with Crippen LogP contribution in [0.5, 0.6) is 0 Å². The van der Waals surface area contributed by atoms with Crippen LogP contribution in [0.25, 0.3) is 0 Å². The molecule has 0 aromatic rings. The molecule has 1 fully saturated rings. The van der Waals surface area contributed by atoms with Crippen molar-refractivity contribution in [3.8, 4) is 0 Å². The van der Waals surface area contributed by atoms with Crippen LogP contribution in [0.1, 0.15) is 33.6 Å². The lowest BCUT2D eigenvalue weighted by atomic mass is 9.90. The molecule has 2 atom stereocenters. The molecule has 7 nitrogen and oxygen atoms in total. The van der Waals surface area contributed by atoms with Gasteiger partial charge in [-0.25, -0.2) is 4.79 Å². The van der Waals surface area contributed by atoms with Gasteiger partial charge in [0.15, 0.2) is 0 Å². The third-order valence-electron chi connectivity index (χ3n) is 3.15. The molecule has 1 saturated heterocycles. The minimum absolute atomic E-state index is 0.240. The molecule has 0 aromatic heterocycles. The molecular formula is C13H22N2O5. The summed E-state index contributed by atoms with van der Waals surface area (Å²) in [5.74, 6) is -1.40. The second-order valence-corrected chi connectivity index (χ2v) is 5.66. The van der Waals surface area contributed by atoms with Crippen LogP contribution in [0.4, 0.5) is 0 Å². The van der Waals surface area contributed by atoms with Crippen LogP contribution in [-0.4, -0.2) is 43.1 Å². The van der Waals surface area contributed by atoms with Crippen LogP contribution in [0.3, 0.4) is 0 Å². The lowest BCUT2D eigenvalue weighted by Crippen LogP contribution is -2.42. The molecule has 0 saturated carbocycles. The average Bonchev–Trinajstić information content (AvgIpc) is 2.61. The Bertz CT molecular complexity index is 394. The van der Waals surface area contributed by atoms with Gasteiger partial charge < -0.3 is 20.5 Å². The van der Waals surface area contributed by atoms with Gasteiger partial charge in [-0.1, -0.05) is 13.8 Å². The van der Waals surface area contributed by atoms with E-state index in [1.54, 1.807) is 20.8 Å². The van der Waals surface area contributed by atoms with Crippen molar-refractivity contribution in [2.75, 3.05) is 13.2 Å². The summed E-state index contributed by atoms with van der Waals surface area (Å²) in [4.78, 5) is 34.0. The van der Waals surface area contributed by atoms with E-state index in [4.69, 9.17) is 15.2 Å². The molecule has 1 aliphatic heterocycles. The van der Waals surface area contributed by atoms with Crippen molar-refractivity contribution < 1.29 is 23.9 Å². The van der Waals surface area contributed by atoms with Gasteiger partial charge in [0.25, 0.3) is 0 Å². The molecule has 1 amide bonds. The summed E-state index contributed by atoms with van der Waals surface area (Å²) in [5.41, 5.74) is 4.50. The van der Waals surface area contributed by atoms with Crippen molar-refractivity contribution in [3.05, 3.63) is 0 Å². The molecule has 3 N–H and O–H groups in total. The summed E-state index contributed by atoms with van der Waals surface area (Å²) in [6, 6.07) is -0.563. The molecule has 114 valence electrons. The molecule has 0 aromatic carbocycles. The first-order chi connectivity index (χ1) is 9.24. The van der Waals surface area contributed by atoms with E-state index < -0.39 is 29.5 Å². The van der Waals surface area contributed by atoms with Crippen molar-refractivity contribution in [1.29, 1.82) is 0 Å². The number of rotatable bonds is 7. The van der Waals surface area contributed by atoms with Crippen LogP contribution in [-0.2, 0) is 23.9 Å². The third-order valence-corrected chi connectivity index (χ3v) is 3.15. The topological polar surface area (TPSA) is 108 Å². The third kappa shape index (κ3) is 4.48. The molecule has 0 aliphatic carbocycles. The largest absolute Gasteiger partial charge is 0.462 e. The molecule has 0 radical (unpaired) electrons. The number of carbonyl (C=O) groups excluding carboxylic acids is 3. The van der Waals surface area contributed by atoms with E-state index >= 15 is 0 Å². The number of hydrogen-bond donors (Lipinski definition) is 2. The number of esters is 2. The first-order valence-corrected chi connectivity index (χ1v) is 6.63. The predicted molar refractivity (Wildman–Crippen MR) is 70.5 cm³/mol. The Balaban J connectivity index is 2.38. The van der Waals surface area contributed by atoms with Crippen molar-refractivity contribution in [3.63, 3.8) is 0 Å². The monoisotopic (exact) mass is 286 g/mol. The lowest BCUT2D eigenvalue weighted by molar-refractivity contribution is -0.164. The number of ether oxygens (including phenoxy) is 2. The zero-order valence-corrected chi connectivity index (χ0v) is 12.1. The number of cyclic esters (lactones) is 1. The fourth-order valence-electron chi connectivity index (χ4n) is 1.82. The first kappa shape index (κ1) is 16.4. The van der Waals surface area contributed by atoms with Gasteiger partial charge in [-0.15, -0.1) is 0 Å². The second-order valence-electron chi connectivity index (χ2n) is 5.66. The van der Waals surface area contributed by atoms with E-state index in [2.05, 4.69) is 5.32 Å². The van der Waals surface area contributed by atoms with Gasteiger partial charge in [-0.3, -0.25) is 9.59 Å². The normalized spacial score (nSPS) is 22.1. The minimum atomic E-state index is -0.870. The zero-order chi connectivity index (χ0) is 15.3. The van der Waals surface area contributed by atoms with Crippen LogP contribution in [0, 0.1) is 5.41 Å². The highest BCUT2D eigenvalue weighted by atomic mass is 16.6. The first-order valence-electron chi connectivity index (χ1n) is 6.63. The Hall–Kier alpha value is -1.63. The maximum atomic E-state index is 11.9. The van der Waals surface area contributed by atoms with Gasteiger partial charge >= 0.3 is 11.9 Å².